The monoisotopic (exact) mass is 719 g/mol. The van der Waals surface area contributed by atoms with Gasteiger partial charge in [0.25, 0.3) is 0 Å². The molecule has 56 heavy (non-hydrogen) atoms. The van der Waals surface area contributed by atoms with Crippen molar-refractivity contribution in [2.45, 2.75) is 19.3 Å². The highest BCUT2D eigenvalue weighted by atomic mass is 15.2. The number of aromatic nitrogens is 3. The summed E-state index contributed by atoms with van der Waals surface area (Å²) in [7, 11) is 0. The predicted octanol–water partition coefficient (Wildman–Crippen LogP) is 13.5. The van der Waals surface area contributed by atoms with Gasteiger partial charge in [-0.15, -0.1) is 0 Å². The maximum atomic E-state index is 5.25. The molecule has 5 heteroatoms. The average molecular weight is 720 g/mol. The Balaban J connectivity index is 1.21. The van der Waals surface area contributed by atoms with E-state index in [9.17, 15) is 0 Å². The van der Waals surface area contributed by atoms with Gasteiger partial charge >= 0.3 is 0 Å². The Labute approximate surface area is 325 Å². The first-order chi connectivity index (χ1) is 27.5. The molecule has 0 radical (unpaired) electrons. The van der Waals surface area contributed by atoms with E-state index in [0.29, 0.717) is 0 Å². The zero-order valence-corrected chi connectivity index (χ0v) is 31.1. The molecule has 3 aromatic heterocycles. The van der Waals surface area contributed by atoms with E-state index in [0.717, 1.165) is 56.2 Å². The molecule has 0 saturated carbocycles. The second-order valence-corrected chi connectivity index (χ2v) is 15.1. The van der Waals surface area contributed by atoms with Crippen molar-refractivity contribution in [3.63, 3.8) is 0 Å². The molecule has 0 fully saturated rings. The minimum atomic E-state index is -0.275. The second kappa shape index (κ2) is 12.4. The first kappa shape index (κ1) is 32.2. The number of nitrogens with zero attached hydrogens (tertiary/aromatic N) is 5. The highest BCUT2D eigenvalue weighted by Gasteiger charge is 2.36. The van der Waals surface area contributed by atoms with Gasteiger partial charge in [-0.3, -0.25) is 9.80 Å². The lowest BCUT2D eigenvalue weighted by molar-refractivity contribution is 0.630. The number of hydrogen-bond donors (Lipinski definition) is 0. The Kier molecular flexibility index (Phi) is 7.13. The molecule has 10 aromatic rings. The van der Waals surface area contributed by atoms with E-state index in [4.69, 9.17) is 9.97 Å². The molecule has 0 bridgehead atoms. The molecule has 5 nitrogen and oxygen atoms in total. The molecule has 0 amide bonds. The van der Waals surface area contributed by atoms with Gasteiger partial charge in [-0.1, -0.05) is 105 Å². The standard InChI is InChI=1S/C51H37N5/c1-51(2)42-21-11-14-24-47(42)56-46-28-27-38(54(36-17-5-3-6-18-36)48-29-25-34-15-9-12-22-44(34)52-48)31-40(46)41-32-39(33-43(51)50(41)56)55(37-19-7-4-8-20-37)49-30-26-35-16-10-13-23-45(35)53-49/h3-33H,1-2H3. The molecule has 0 saturated heterocycles. The summed E-state index contributed by atoms with van der Waals surface area (Å²) in [5.74, 6) is 1.74. The number of para-hydroxylation sites is 5. The van der Waals surface area contributed by atoms with Gasteiger partial charge in [-0.05, 0) is 108 Å². The van der Waals surface area contributed by atoms with E-state index in [1.165, 1.54) is 38.6 Å². The van der Waals surface area contributed by atoms with Gasteiger partial charge in [-0.25, -0.2) is 9.97 Å². The molecule has 1 aliphatic rings. The molecule has 0 N–H and O–H groups in total. The van der Waals surface area contributed by atoms with Crippen LogP contribution in [0, 0.1) is 0 Å². The summed E-state index contributed by atoms with van der Waals surface area (Å²) in [6, 6.07) is 66.9. The van der Waals surface area contributed by atoms with Crippen molar-refractivity contribution in [1.29, 1.82) is 0 Å². The van der Waals surface area contributed by atoms with E-state index in [2.05, 4.69) is 216 Å². The van der Waals surface area contributed by atoms with Crippen molar-refractivity contribution >= 4 is 78.0 Å². The lowest BCUT2D eigenvalue weighted by Gasteiger charge is -2.36. The molecule has 0 aliphatic carbocycles. The summed E-state index contributed by atoms with van der Waals surface area (Å²) in [5.41, 5.74) is 12.1. The van der Waals surface area contributed by atoms with Crippen LogP contribution in [-0.2, 0) is 5.41 Å². The van der Waals surface area contributed by atoms with Crippen molar-refractivity contribution in [3.8, 4) is 5.69 Å². The summed E-state index contributed by atoms with van der Waals surface area (Å²) in [6.45, 7) is 4.72. The van der Waals surface area contributed by atoms with E-state index < -0.39 is 0 Å². The summed E-state index contributed by atoms with van der Waals surface area (Å²) in [6.07, 6.45) is 0. The normalized spacial score (nSPS) is 13.0. The van der Waals surface area contributed by atoms with E-state index in [-0.39, 0.29) is 5.41 Å². The van der Waals surface area contributed by atoms with Gasteiger partial charge < -0.3 is 4.57 Å². The first-order valence-corrected chi connectivity index (χ1v) is 19.2. The Bertz CT molecular complexity index is 3130. The number of fused-ring (bicyclic) bond motifs is 7. The highest BCUT2D eigenvalue weighted by Crippen LogP contribution is 2.51. The second-order valence-electron chi connectivity index (χ2n) is 15.1. The SMILES string of the molecule is CC1(C)c2ccccc2-n2c3ccc(N(c4ccccc4)c4ccc5ccccc5n4)cc3c3cc(N(c4ccccc4)c4ccc5ccccc5n4)cc1c32. The minimum Gasteiger partial charge on any atom is -0.309 e. The number of rotatable bonds is 6. The van der Waals surface area contributed by atoms with Crippen molar-refractivity contribution in [1.82, 2.24) is 14.5 Å². The lowest BCUT2D eigenvalue weighted by atomic mass is 9.74. The molecule has 266 valence electrons. The van der Waals surface area contributed by atoms with Crippen LogP contribution in [-0.4, -0.2) is 14.5 Å². The van der Waals surface area contributed by atoms with Crippen molar-refractivity contribution in [2.75, 3.05) is 9.80 Å². The largest absolute Gasteiger partial charge is 0.309 e. The highest BCUT2D eigenvalue weighted by molar-refractivity contribution is 6.14. The average Bonchev–Trinajstić information content (AvgIpc) is 3.57. The zero-order valence-electron chi connectivity index (χ0n) is 31.1. The maximum absolute atomic E-state index is 5.25. The van der Waals surface area contributed by atoms with Crippen molar-refractivity contribution in [2.24, 2.45) is 0 Å². The van der Waals surface area contributed by atoms with Crippen molar-refractivity contribution in [3.05, 3.63) is 199 Å². The fourth-order valence-electron chi connectivity index (χ4n) is 8.80. The smallest absolute Gasteiger partial charge is 0.138 e. The number of hydrogen-bond acceptors (Lipinski definition) is 4. The summed E-state index contributed by atoms with van der Waals surface area (Å²) >= 11 is 0. The molecule has 0 atom stereocenters. The Hall–Kier alpha value is -7.24. The molecule has 0 spiro atoms. The summed E-state index contributed by atoms with van der Waals surface area (Å²) < 4.78 is 2.48. The lowest BCUT2D eigenvalue weighted by Crippen LogP contribution is -2.26. The molecule has 0 unspecified atom stereocenters. The zero-order chi connectivity index (χ0) is 37.4. The predicted molar refractivity (Wildman–Crippen MR) is 233 cm³/mol. The molecular weight excluding hydrogens is 683 g/mol. The van der Waals surface area contributed by atoms with Crippen LogP contribution in [0.2, 0.25) is 0 Å². The van der Waals surface area contributed by atoms with Crippen LogP contribution in [0.4, 0.5) is 34.4 Å². The third-order valence-corrected chi connectivity index (χ3v) is 11.5. The minimum absolute atomic E-state index is 0.275. The molecule has 7 aromatic carbocycles. The van der Waals surface area contributed by atoms with Crippen LogP contribution in [0.1, 0.15) is 25.0 Å². The van der Waals surface area contributed by atoms with Gasteiger partial charge in [0.05, 0.1) is 27.8 Å². The van der Waals surface area contributed by atoms with Gasteiger partial charge in [0.15, 0.2) is 0 Å². The van der Waals surface area contributed by atoms with Crippen LogP contribution >= 0.6 is 0 Å². The topological polar surface area (TPSA) is 37.2 Å². The number of benzene rings is 7. The first-order valence-electron chi connectivity index (χ1n) is 19.2. The molecule has 4 heterocycles. The fraction of sp³-hybridized carbons (Fsp3) is 0.0588. The van der Waals surface area contributed by atoms with Crippen LogP contribution in [0.5, 0.6) is 0 Å². The quantitative estimate of drug-likeness (QED) is 0.171. The van der Waals surface area contributed by atoms with E-state index >= 15 is 0 Å². The molecule has 1 aliphatic heterocycles. The Morgan fingerprint density at radius 3 is 1.61 bits per heavy atom. The van der Waals surface area contributed by atoms with Gasteiger partial charge in [0.1, 0.15) is 11.6 Å². The number of anilines is 6. The van der Waals surface area contributed by atoms with Crippen LogP contribution in [0.3, 0.4) is 0 Å². The van der Waals surface area contributed by atoms with Gasteiger partial charge in [0.2, 0.25) is 0 Å². The van der Waals surface area contributed by atoms with Crippen molar-refractivity contribution < 1.29 is 0 Å². The van der Waals surface area contributed by atoms with E-state index in [1.54, 1.807) is 0 Å². The Morgan fingerprint density at radius 1 is 0.429 bits per heavy atom. The van der Waals surface area contributed by atoms with Gasteiger partial charge in [-0.2, -0.15) is 0 Å². The van der Waals surface area contributed by atoms with Crippen LogP contribution < -0.4 is 9.80 Å². The van der Waals surface area contributed by atoms with Crippen LogP contribution in [0.15, 0.2) is 188 Å². The molecule has 11 rings (SSSR count). The van der Waals surface area contributed by atoms with Gasteiger partial charge in [0, 0.05) is 49.7 Å². The third kappa shape index (κ3) is 4.94. The molecular formula is C51H37N5. The maximum Gasteiger partial charge on any atom is 0.138 e. The summed E-state index contributed by atoms with van der Waals surface area (Å²) in [4.78, 5) is 15.0. The third-order valence-electron chi connectivity index (χ3n) is 11.5. The summed E-state index contributed by atoms with van der Waals surface area (Å²) in [5, 5.41) is 4.60. The van der Waals surface area contributed by atoms with Crippen LogP contribution in [0.25, 0.3) is 49.3 Å². The van der Waals surface area contributed by atoms with E-state index in [1.807, 2.05) is 0 Å². The fourth-order valence-corrected chi connectivity index (χ4v) is 8.80. The number of pyridine rings is 2. The Morgan fingerprint density at radius 2 is 0.964 bits per heavy atom.